The minimum Gasteiger partial charge on any atom is -0.341 e. The third kappa shape index (κ3) is 5.54. The van der Waals surface area contributed by atoms with Gasteiger partial charge in [-0.25, -0.2) is 8.42 Å². The zero-order chi connectivity index (χ0) is 19.4. The second-order valence-corrected chi connectivity index (χ2v) is 9.99. The van der Waals surface area contributed by atoms with Crippen molar-refractivity contribution in [1.82, 2.24) is 14.5 Å². The second kappa shape index (κ2) is 8.72. The average molecular weight is 432 g/mol. The lowest BCUT2D eigenvalue weighted by Crippen LogP contribution is -2.54. The van der Waals surface area contributed by atoms with Crippen LogP contribution in [0.15, 0.2) is 17.5 Å². The van der Waals surface area contributed by atoms with Crippen LogP contribution in [0.3, 0.4) is 0 Å². The summed E-state index contributed by atoms with van der Waals surface area (Å²) in [4.78, 5) is 28.8. The van der Waals surface area contributed by atoms with Crippen LogP contribution in [0.25, 0.3) is 6.08 Å². The summed E-state index contributed by atoms with van der Waals surface area (Å²) in [7, 11) is -3.78. The van der Waals surface area contributed by atoms with Crippen LogP contribution >= 0.6 is 22.9 Å². The molecule has 27 heavy (non-hydrogen) atoms. The van der Waals surface area contributed by atoms with E-state index < -0.39 is 16.1 Å². The van der Waals surface area contributed by atoms with Gasteiger partial charge in [-0.15, -0.1) is 11.3 Å². The first-order valence-corrected chi connectivity index (χ1v) is 11.6. The Labute approximate surface area is 168 Å². The zero-order valence-electron chi connectivity index (χ0n) is 14.8. The molecule has 2 aliphatic heterocycles. The molecule has 0 spiro atoms. The molecule has 2 aliphatic rings. The summed E-state index contributed by atoms with van der Waals surface area (Å²) in [5.41, 5.74) is 0. The average Bonchev–Trinajstić information content (AvgIpc) is 3.28. The first kappa shape index (κ1) is 20.3. The van der Waals surface area contributed by atoms with Crippen molar-refractivity contribution >= 4 is 50.9 Å². The molecule has 0 aliphatic carbocycles. The summed E-state index contributed by atoms with van der Waals surface area (Å²) >= 11 is 7.09. The van der Waals surface area contributed by atoms with Crippen LogP contribution in [-0.4, -0.2) is 62.3 Å². The maximum atomic E-state index is 12.6. The highest BCUT2D eigenvalue weighted by Crippen LogP contribution is 2.23. The van der Waals surface area contributed by atoms with E-state index in [2.05, 4.69) is 4.72 Å². The van der Waals surface area contributed by atoms with Crippen molar-refractivity contribution in [3.63, 3.8) is 0 Å². The SMILES string of the molecule is O=C(CN1CCC[C@H](NS(=O)(=O)/C=C/c2ccc(Cl)s2)C1=O)N1CCCC1. The summed E-state index contributed by atoms with van der Waals surface area (Å²) in [6.45, 7) is 1.95. The van der Waals surface area contributed by atoms with Gasteiger partial charge in [0.2, 0.25) is 21.8 Å². The molecule has 0 bridgehead atoms. The van der Waals surface area contributed by atoms with Gasteiger partial charge in [0, 0.05) is 29.9 Å². The van der Waals surface area contributed by atoms with Gasteiger partial charge >= 0.3 is 0 Å². The highest BCUT2D eigenvalue weighted by Gasteiger charge is 2.33. The molecule has 0 aromatic carbocycles. The van der Waals surface area contributed by atoms with E-state index in [1.54, 1.807) is 17.0 Å². The van der Waals surface area contributed by atoms with Gasteiger partial charge in [-0.05, 0) is 43.9 Å². The lowest BCUT2D eigenvalue weighted by atomic mass is 10.1. The van der Waals surface area contributed by atoms with E-state index in [4.69, 9.17) is 11.6 Å². The Kier molecular flexibility index (Phi) is 6.56. The summed E-state index contributed by atoms with van der Waals surface area (Å²) < 4.78 is 27.6. The summed E-state index contributed by atoms with van der Waals surface area (Å²) in [5, 5.41) is 1.04. The number of thiophene rings is 1. The van der Waals surface area contributed by atoms with Crippen molar-refractivity contribution in [2.75, 3.05) is 26.2 Å². The summed E-state index contributed by atoms with van der Waals surface area (Å²) in [5.74, 6) is -0.413. The van der Waals surface area contributed by atoms with E-state index in [0.29, 0.717) is 28.6 Å². The van der Waals surface area contributed by atoms with E-state index in [0.717, 1.165) is 31.3 Å². The molecule has 0 unspecified atom stereocenters. The number of amides is 2. The molecule has 1 atom stereocenters. The van der Waals surface area contributed by atoms with Crippen molar-refractivity contribution < 1.29 is 18.0 Å². The number of likely N-dealkylation sites (tertiary alicyclic amines) is 2. The number of carbonyl (C=O) groups is 2. The lowest BCUT2D eigenvalue weighted by Gasteiger charge is -2.32. The fourth-order valence-electron chi connectivity index (χ4n) is 3.25. The molecule has 2 fully saturated rings. The number of piperidine rings is 1. The van der Waals surface area contributed by atoms with E-state index in [-0.39, 0.29) is 18.4 Å². The van der Waals surface area contributed by atoms with Gasteiger partial charge in [-0.3, -0.25) is 9.59 Å². The Morgan fingerprint density at radius 1 is 1.26 bits per heavy atom. The number of nitrogens with one attached hydrogen (secondary N) is 1. The molecule has 148 valence electrons. The number of sulfonamides is 1. The summed E-state index contributed by atoms with van der Waals surface area (Å²) in [6.07, 6.45) is 4.50. The molecule has 2 saturated heterocycles. The molecule has 3 rings (SSSR count). The molecular formula is C17H22ClN3O4S2. The number of nitrogens with zero attached hydrogens (tertiary/aromatic N) is 2. The molecule has 3 heterocycles. The molecule has 0 saturated carbocycles. The number of halogens is 1. The quantitative estimate of drug-likeness (QED) is 0.745. The monoisotopic (exact) mass is 431 g/mol. The van der Waals surface area contributed by atoms with Gasteiger partial charge in [-0.1, -0.05) is 11.6 Å². The highest BCUT2D eigenvalue weighted by molar-refractivity contribution is 7.92. The molecule has 10 heteroatoms. The zero-order valence-corrected chi connectivity index (χ0v) is 17.2. The Bertz CT molecular complexity index is 831. The van der Waals surface area contributed by atoms with Gasteiger partial charge < -0.3 is 9.80 Å². The number of carbonyl (C=O) groups excluding carboxylic acids is 2. The number of hydrogen-bond donors (Lipinski definition) is 1. The maximum Gasteiger partial charge on any atom is 0.242 e. The van der Waals surface area contributed by atoms with Crippen LogP contribution in [0, 0.1) is 0 Å². The van der Waals surface area contributed by atoms with Crippen LogP contribution in [0.2, 0.25) is 4.34 Å². The number of rotatable bonds is 6. The minimum atomic E-state index is -3.78. The minimum absolute atomic E-state index is 0.0145. The Morgan fingerprint density at radius 3 is 2.67 bits per heavy atom. The first-order valence-electron chi connectivity index (χ1n) is 8.86. The first-order chi connectivity index (χ1) is 12.8. The van der Waals surface area contributed by atoms with Crippen LogP contribution < -0.4 is 4.72 Å². The van der Waals surface area contributed by atoms with Crippen molar-refractivity contribution in [3.05, 3.63) is 26.8 Å². The topological polar surface area (TPSA) is 86.8 Å². The predicted molar refractivity (Wildman–Crippen MR) is 106 cm³/mol. The van der Waals surface area contributed by atoms with E-state index >= 15 is 0 Å². The standard InChI is InChI=1S/C17H22ClN3O4S2/c18-15-6-5-13(26-15)7-11-27(24,25)19-14-4-3-10-21(17(14)23)12-16(22)20-8-1-2-9-20/h5-7,11,14,19H,1-4,8-10,12H2/b11-7+/t14-/m0/s1. The fourth-order valence-corrected chi connectivity index (χ4v) is 5.32. The molecular weight excluding hydrogens is 410 g/mol. The van der Waals surface area contributed by atoms with Crippen molar-refractivity contribution in [2.45, 2.75) is 31.7 Å². The normalized spacial score (nSPS) is 21.4. The van der Waals surface area contributed by atoms with E-state index in [1.165, 1.54) is 22.3 Å². The fraction of sp³-hybridized carbons (Fsp3) is 0.529. The number of hydrogen-bond acceptors (Lipinski definition) is 5. The third-order valence-electron chi connectivity index (χ3n) is 4.63. The predicted octanol–water partition coefficient (Wildman–Crippen LogP) is 1.91. The molecule has 1 aromatic rings. The van der Waals surface area contributed by atoms with Gasteiger partial charge in [0.15, 0.2) is 0 Å². The van der Waals surface area contributed by atoms with Crippen LogP contribution in [-0.2, 0) is 19.6 Å². The van der Waals surface area contributed by atoms with Crippen molar-refractivity contribution in [1.29, 1.82) is 0 Å². The van der Waals surface area contributed by atoms with Gasteiger partial charge in [0.25, 0.3) is 0 Å². The molecule has 1 aromatic heterocycles. The van der Waals surface area contributed by atoms with Gasteiger partial charge in [0.05, 0.1) is 10.9 Å². The Morgan fingerprint density at radius 2 is 2.00 bits per heavy atom. The van der Waals surface area contributed by atoms with Crippen LogP contribution in [0.5, 0.6) is 0 Å². The largest absolute Gasteiger partial charge is 0.341 e. The van der Waals surface area contributed by atoms with E-state index in [1.807, 2.05) is 0 Å². The van der Waals surface area contributed by atoms with Gasteiger partial charge in [-0.2, -0.15) is 4.72 Å². The molecule has 2 amide bonds. The Balaban J connectivity index is 1.59. The highest BCUT2D eigenvalue weighted by atomic mass is 35.5. The van der Waals surface area contributed by atoms with Crippen LogP contribution in [0.1, 0.15) is 30.6 Å². The Hall–Kier alpha value is -1.42. The molecule has 7 nitrogen and oxygen atoms in total. The maximum absolute atomic E-state index is 12.6. The smallest absolute Gasteiger partial charge is 0.242 e. The third-order valence-corrected chi connectivity index (χ3v) is 6.93. The van der Waals surface area contributed by atoms with Crippen LogP contribution in [0.4, 0.5) is 0 Å². The van der Waals surface area contributed by atoms with Crippen molar-refractivity contribution in [3.8, 4) is 0 Å². The lowest BCUT2D eigenvalue weighted by molar-refractivity contribution is -0.142. The molecule has 0 radical (unpaired) electrons. The second-order valence-electron chi connectivity index (χ2n) is 6.65. The van der Waals surface area contributed by atoms with Crippen molar-refractivity contribution in [2.24, 2.45) is 0 Å². The summed E-state index contributed by atoms with van der Waals surface area (Å²) in [6, 6.07) is 2.56. The van der Waals surface area contributed by atoms with E-state index in [9.17, 15) is 18.0 Å². The molecule has 1 N–H and O–H groups in total. The van der Waals surface area contributed by atoms with Gasteiger partial charge in [0.1, 0.15) is 6.04 Å².